The normalized spacial score (nSPS) is 11.2. The van der Waals surface area contributed by atoms with Crippen molar-refractivity contribution in [3.8, 4) is 5.75 Å². The highest BCUT2D eigenvalue weighted by molar-refractivity contribution is 8.93. The second kappa shape index (κ2) is 17.6. The summed E-state index contributed by atoms with van der Waals surface area (Å²) in [5, 5.41) is 3.64. The number of hydrogen-bond donors (Lipinski definition) is 1. The molecule has 1 aromatic carbocycles. The highest BCUT2D eigenvalue weighted by Crippen LogP contribution is 2.13. The topological polar surface area (TPSA) is 21.3 Å². The van der Waals surface area contributed by atoms with Crippen molar-refractivity contribution in [3.63, 3.8) is 0 Å². The molecule has 0 spiro atoms. The molecule has 1 rings (SSSR count). The smallest absolute Gasteiger partial charge is 0.119 e. The molecule has 0 unspecified atom stereocenters. The number of rotatable bonds is 17. The lowest BCUT2D eigenvalue weighted by Crippen LogP contribution is -2.45. The van der Waals surface area contributed by atoms with Crippen LogP contribution in [0.3, 0.4) is 0 Å². The SMILES string of the molecule is Br.CCCCCCCCCCCCCCNC(C)(C)COc1ccccc1. The van der Waals surface area contributed by atoms with E-state index in [4.69, 9.17) is 4.74 Å². The lowest BCUT2D eigenvalue weighted by atomic mass is 10.0. The minimum atomic E-state index is 0. The van der Waals surface area contributed by atoms with Gasteiger partial charge in [0.1, 0.15) is 12.4 Å². The summed E-state index contributed by atoms with van der Waals surface area (Å²) in [4.78, 5) is 0. The second-order valence-corrected chi connectivity index (χ2v) is 8.30. The van der Waals surface area contributed by atoms with Crippen LogP contribution in [-0.2, 0) is 0 Å². The van der Waals surface area contributed by atoms with E-state index in [0.29, 0.717) is 6.61 Å². The van der Waals surface area contributed by atoms with Gasteiger partial charge in [0.2, 0.25) is 0 Å². The van der Waals surface area contributed by atoms with E-state index >= 15 is 0 Å². The zero-order valence-electron chi connectivity index (χ0n) is 18.1. The number of unbranched alkanes of at least 4 members (excludes halogenated alkanes) is 11. The Morgan fingerprint density at radius 3 is 1.74 bits per heavy atom. The molecule has 1 aromatic rings. The first-order valence-electron chi connectivity index (χ1n) is 11.1. The van der Waals surface area contributed by atoms with Crippen molar-refractivity contribution in [1.82, 2.24) is 5.32 Å². The average molecular weight is 443 g/mol. The van der Waals surface area contributed by atoms with Crippen LogP contribution in [-0.4, -0.2) is 18.7 Å². The maximum Gasteiger partial charge on any atom is 0.119 e. The van der Waals surface area contributed by atoms with Gasteiger partial charge in [0.05, 0.1) is 0 Å². The Kier molecular flexibility index (Phi) is 17.2. The molecule has 0 aliphatic heterocycles. The number of benzene rings is 1. The van der Waals surface area contributed by atoms with Crippen molar-refractivity contribution >= 4 is 17.0 Å². The average Bonchev–Trinajstić information content (AvgIpc) is 2.65. The molecule has 0 fully saturated rings. The maximum absolute atomic E-state index is 5.87. The van der Waals surface area contributed by atoms with Gasteiger partial charge in [0.15, 0.2) is 0 Å². The monoisotopic (exact) mass is 441 g/mol. The maximum atomic E-state index is 5.87. The van der Waals surface area contributed by atoms with Crippen molar-refractivity contribution in [2.75, 3.05) is 13.2 Å². The van der Waals surface area contributed by atoms with Gasteiger partial charge in [-0.25, -0.2) is 0 Å². The number of ether oxygens (including phenoxy) is 1. The summed E-state index contributed by atoms with van der Waals surface area (Å²) < 4.78 is 5.87. The van der Waals surface area contributed by atoms with E-state index < -0.39 is 0 Å². The summed E-state index contributed by atoms with van der Waals surface area (Å²) in [6, 6.07) is 10.1. The van der Waals surface area contributed by atoms with E-state index in [1.54, 1.807) is 0 Å². The van der Waals surface area contributed by atoms with Crippen molar-refractivity contribution in [2.45, 2.75) is 103 Å². The molecular formula is C24H44BrNO. The Balaban J connectivity index is 0.00000676. The predicted molar refractivity (Wildman–Crippen MR) is 125 cm³/mol. The van der Waals surface area contributed by atoms with E-state index in [9.17, 15) is 0 Å². The minimum Gasteiger partial charge on any atom is -0.492 e. The first kappa shape index (κ1) is 26.5. The molecule has 0 aliphatic rings. The fourth-order valence-corrected chi connectivity index (χ4v) is 3.22. The van der Waals surface area contributed by atoms with Crippen LogP contribution in [0.4, 0.5) is 0 Å². The summed E-state index contributed by atoms with van der Waals surface area (Å²) >= 11 is 0. The highest BCUT2D eigenvalue weighted by Gasteiger charge is 2.17. The van der Waals surface area contributed by atoms with Gasteiger partial charge < -0.3 is 10.1 Å². The molecule has 0 aromatic heterocycles. The van der Waals surface area contributed by atoms with Gasteiger partial charge in [-0.3, -0.25) is 0 Å². The second-order valence-electron chi connectivity index (χ2n) is 8.30. The summed E-state index contributed by atoms with van der Waals surface area (Å²) in [7, 11) is 0. The van der Waals surface area contributed by atoms with Crippen LogP contribution in [0.25, 0.3) is 0 Å². The van der Waals surface area contributed by atoms with Crippen LogP contribution in [0.5, 0.6) is 5.75 Å². The van der Waals surface area contributed by atoms with E-state index in [0.717, 1.165) is 12.3 Å². The lowest BCUT2D eigenvalue weighted by Gasteiger charge is -2.26. The first-order valence-corrected chi connectivity index (χ1v) is 11.1. The molecular weight excluding hydrogens is 398 g/mol. The first-order chi connectivity index (χ1) is 12.6. The van der Waals surface area contributed by atoms with E-state index in [2.05, 4.69) is 26.1 Å². The van der Waals surface area contributed by atoms with Gasteiger partial charge >= 0.3 is 0 Å². The fraction of sp³-hybridized carbons (Fsp3) is 0.750. The van der Waals surface area contributed by atoms with Gasteiger partial charge in [0.25, 0.3) is 0 Å². The molecule has 0 saturated carbocycles. The molecule has 3 heteroatoms. The molecule has 0 atom stereocenters. The van der Waals surface area contributed by atoms with Crippen LogP contribution in [0, 0.1) is 0 Å². The molecule has 0 aliphatic carbocycles. The summed E-state index contributed by atoms with van der Waals surface area (Å²) in [6.07, 6.45) is 16.8. The van der Waals surface area contributed by atoms with Crippen molar-refractivity contribution in [2.24, 2.45) is 0 Å². The Morgan fingerprint density at radius 1 is 0.741 bits per heavy atom. The number of para-hydroxylation sites is 1. The van der Waals surface area contributed by atoms with Gasteiger partial charge in [0, 0.05) is 5.54 Å². The molecule has 158 valence electrons. The molecule has 0 amide bonds. The number of hydrogen-bond acceptors (Lipinski definition) is 2. The van der Waals surface area contributed by atoms with E-state index in [1.165, 1.54) is 77.0 Å². The quantitative estimate of drug-likeness (QED) is 0.249. The standard InChI is InChI=1S/C24H43NO.BrH/c1-4-5-6-7-8-9-10-11-12-13-14-18-21-25-24(2,3)22-26-23-19-16-15-17-20-23;/h15-17,19-20,25H,4-14,18,21-22H2,1-3H3;1H. The summed E-state index contributed by atoms with van der Waals surface area (Å²) in [5.74, 6) is 0.952. The summed E-state index contributed by atoms with van der Waals surface area (Å²) in [6.45, 7) is 8.51. The fourth-order valence-electron chi connectivity index (χ4n) is 3.22. The predicted octanol–water partition coefficient (Wildman–Crippen LogP) is 7.71. The van der Waals surface area contributed by atoms with E-state index in [1.807, 2.05) is 30.3 Å². The molecule has 27 heavy (non-hydrogen) atoms. The molecule has 1 N–H and O–H groups in total. The molecule has 0 heterocycles. The van der Waals surface area contributed by atoms with Crippen molar-refractivity contribution in [3.05, 3.63) is 30.3 Å². The Bertz CT molecular complexity index is 422. The van der Waals surface area contributed by atoms with Gasteiger partial charge in [-0.2, -0.15) is 0 Å². The van der Waals surface area contributed by atoms with Crippen LogP contribution in [0.2, 0.25) is 0 Å². The zero-order chi connectivity index (χ0) is 18.9. The van der Waals surface area contributed by atoms with Gasteiger partial charge in [-0.05, 0) is 38.9 Å². The molecule has 0 radical (unpaired) electrons. The van der Waals surface area contributed by atoms with E-state index in [-0.39, 0.29) is 22.5 Å². The minimum absolute atomic E-state index is 0. The third kappa shape index (κ3) is 16.1. The molecule has 0 saturated heterocycles. The number of nitrogens with one attached hydrogen (secondary N) is 1. The van der Waals surface area contributed by atoms with Crippen molar-refractivity contribution < 1.29 is 4.74 Å². The largest absolute Gasteiger partial charge is 0.492 e. The van der Waals surface area contributed by atoms with Gasteiger partial charge in [-0.1, -0.05) is 95.8 Å². The number of halogens is 1. The molecule has 0 bridgehead atoms. The van der Waals surface area contributed by atoms with Crippen LogP contribution >= 0.6 is 17.0 Å². The summed E-state index contributed by atoms with van der Waals surface area (Å²) in [5.41, 5.74) is 0.0214. The Labute approximate surface area is 179 Å². The molecule has 2 nitrogen and oxygen atoms in total. The lowest BCUT2D eigenvalue weighted by molar-refractivity contribution is 0.208. The van der Waals surface area contributed by atoms with Gasteiger partial charge in [-0.15, -0.1) is 17.0 Å². The van der Waals surface area contributed by atoms with Crippen LogP contribution in [0.15, 0.2) is 30.3 Å². The Morgan fingerprint density at radius 2 is 1.22 bits per heavy atom. The zero-order valence-corrected chi connectivity index (χ0v) is 19.8. The van der Waals surface area contributed by atoms with Crippen molar-refractivity contribution in [1.29, 1.82) is 0 Å². The third-order valence-electron chi connectivity index (χ3n) is 4.98. The van der Waals surface area contributed by atoms with Crippen LogP contribution in [0.1, 0.15) is 97.8 Å². The Hall–Kier alpha value is -0.540. The third-order valence-corrected chi connectivity index (χ3v) is 4.98. The highest BCUT2D eigenvalue weighted by atomic mass is 79.9. The van der Waals surface area contributed by atoms with Crippen LogP contribution < -0.4 is 10.1 Å².